The molecule has 0 atom stereocenters. The van der Waals surface area contributed by atoms with E-state index in [0.29, 0.717) is 0 Å². The number of benzene rings is 8. The second-order valence-corrected chi connectivity index (χ2v) is 16.8. The summed E-state index contributed by atoms with van der Waals surface area (Å²) in [5.74, 6) is 0. The lowest BCUT2D eigenvalue weighted by Gasteiger charge is -2.31. The summed E-state index contributed by atoms with van der Waals surface area (Å²) in [5, 5.41) is 4.75. The molecule has 0 radical (unpaired) electrons. The minimum Gasteiger partial charge on any atom is -0.454 e. The van der Waals surface area contributed by atoms with Gasteiger partial charge >= 0.3 is 0 Å². The van der Waals surface area contributed by atoms with Crippen LogP contribution in [0.1, 0.15) is 51.7 Å². The Morgan fingerprint density at radius 1 is 0.532 bits per heavy atom. The van der Waals surface area contributed by atoms with E-state index in [0.717, 1.165) is 57.4 Å². The van der Waals surface area contributed by atoms with Crippen LogP contribution in [-0.2, 0) is 5.41 Å². The highest BCUT2D eigenvalue weighted by Crippen LogP contribution is 2.52. The number of para-hydroxylation sites is 2. The molecule has 2 aliphatic carbocycles. The summed E-state index contributed by atoms with van der Waals surface area (Å²) in [5.41, 5.74) is 18.7. The zero-order valence-corrected chi connectivity index (χ0v) is 35.7. The summed E-state index contributed by atoms with van der Waals surface area (Å²) in [6, 6.07) is 68.8. The fourth-order valence-corrected chi connectivity index (χ4v) is 10.2. The largest absolute Gasteiger partial charge is 0.454 e. The molecule has 0 amide bonds. The molecule has 8 aromatic carbocycles. The lowest BCUT2D eigenvalue weighted by Crippen LogP contribution is -2.33. The number of hydrogen-bond acceptors (Lipinski definition) is 2. The third-order valence-corrected chi connectivity index (χ3v) is 13.0. The fraction of sp³-hybridized carbons (Fsp3) is 0.119. The van der Waals surface area contributed by atoms with E-state index in [2.05, 4.69) is 217 Å². The van der Waals surface area contributed by atoms with Crippen molar-refractivity contribution in [3.8, 4) is 39.1 Å². The van der Waals surface area contributed by atoms with Crippen molar-refractivity contribution in [2.75, 3.05) is 4.90 Å². The van der Waals surface area contributed by atoms with Gasteiger partial charge in [0.25, 0.3) is 0 Å². The summed E-state index contributed by atoms with van der Waals surface area (Å²) >= 11 is 0. The van der Waals surface area contributed by atoms with E-state index in [9.17, 15) is 0 Å². The van der Waals surface area contributed by atoms with Crippen molar-refractivity contribution in [1.82, 2.24) is 4.57 Å². The molecule has 300 valence electrons. The predicted octanol–water partition coefficient (Wildman–Crippen LogP) is 14.7. The monoisotopic (exact) mass is 800 g/mol. The van der Waals surface area contributed by atoms with Crippen molar-refractivity contribution in [2.45, 2.75) is 46.0 Å². The van der Waals surface area contributed by atoms with Crippen LogP contribution in [0.15, 0.2) is 192 Å². The summed E-state index contributed by atoms with van der Waals surface area (Å²) in [6.07, 6.45) is 4.12. The summed E-state index contributed by atoms with van der Waals surface area (Å²) in [6.45, 7) is 8.75. The van der Waals surface area contributed by atoms with E-state index in [1.165, 1.54) is 66.1 Å². The SMILES string of the molecule is CC.CC1(C)c2ccccc2-c2ccc(N(C3=c4oc5ccccc5c4=CCC3)c3cc(-c4ccccc4)cc4c3c3ccc(-c5ccccc5)cc3n4-c3ccccc3)cc21. The fourth-order valence-electron chi connectivity index (χ4n) is 10.2. The molecule has 2 aliphatic rings. The van der Waals surface area contributed by atoms with Gasteiger partial charge in [0.15, 0.2) is 5.42 Å². The number of aromatic nitrogens is 1. The predicted molar refractivity (Wildman–Crippen MR) is 262 cm³/mol. The van der Waals surface area contributed by atoms with Gasteiger partial charge in [0.1, 0.15) is 5.58 Å². The zero-order chi connectivity index (χ0) is 42.0. The number of anilines is 2. The molecule has 0 saturated carbocycles. The minimum atomic E-state index is -0.165. The van der Waals surface area contributed by atoms with Crippen LogP contribution >= 0.6 is 0 Å². The van der Waals surface area contributed by atoms with Gasteiger partial charge in [0.2, 0.25) is 0 Å². The van der Waals surface area contributed by atoms with Gasteiger partial charge in [-0.25, -0.2) is 0 Å². The number of fused-ring (bicyclic) bond motifs is 9. The first-order valence-electron chi connectivity index (χ1n) is 22.1. The van der Waals surface area contributed by atoms with Crippen molar-refractivity contribution in [3.63, 3.8) is 0 Å². The molecule has 12 rings (SSSR count). The molecule has 3 heteroatoms. The Hall–Kier alpha value is -7.36. The number of furan rings is 1. The average Bonchev–Trinajstić information content (AvgIpc) is 3.96. The van der Waals surface area contributed by atoms with Crippen LogP contribution in [0.5, 0.6) is 0 Å². The van der Waals surface area contributed by atoms with Gasteiger partial charge in [-0.1, -0.05) is 173 Å². The van der Waals surface area contributed by atoms with Gasteiger partial charge < -0.3 is 13.9 Å². The first-order valence-corrected chi connectivity index (χ1v) is 22.1. The normalized spacial score (nSPS) is 13.6. The Balaban J connectivity index is 0.00000213. The number of rotatable bonds is 6. The van der Waals surface area contributed by atoms with Crippen molar-refractivity contribution in [2.24, 2.45) is 0 Å². The Bertz CT molecular complexity index is 3450. The Kier molecular flexibility index (Phi) is 9.09. The molecule has 0 N–H and O–H groups in total. The van der Waals surface area contributed by atoms with Crippen LogP contribution in [-0.4, -0.2) is 4.57 Å². The molecule has 0 fully saturated rings. The molecule has 0 spiro atoms. The maximum atomic E-state index is 6.95. The minimum absolute atomic E-state index is 0.165. The molecule has 3 nitrogen and oxygen atoms in total. The van der Waals surface area contributed by atoms with Crippen LogP contribution in [0, 0.1) is 0 Å². The smallest absolute Gasteiger partial charge is 0.154 e. The molecule has 2 aromatic heterocycles. The third kappa shape index (κ3) is 5.87. The van der Waals surface area contributed by atoms with E-state index in [4.69, 9.17) is 4.42 Å². The van der Waals surface area contributed by atoms with Crippen molar-refractivity contribution < 1.29 is 4.42 Å². The van der Waals surface area contributed by atoms with Crippen LogP contribution in [0.4, 0.5) is 11.4 Å². The standard InChI is InChI=1S/C57H42N2O.C2H6/c1-57(2)48-26-14-12-23-43(48)44-32-30-42(36-49(44)57)59(50-27-16-25-46-45-24-13-15-28-54(45)60-56(46)50)53-35-40(38-19-8-4-9-20-38)34-52-55(53)47-31-29-39(37-17-6-3-7-18-37)33-51(47)58(52)41-21-10-5-11-22-41;1-2/h3-15,17-26,28-36H,16,27H2,1-2H3;1-2H3. The van der Waals surface area contributed by atoms with Gasteiger partial charge in [-0.15, -0.1) is 0 Å². The highest BCUT2D eigenvalue weighted by molar-refractivity contribution is 6.18. The van der Waals surface area contributed by atoms with E-state index < -0.39 is 0 Å². The Morgan fingerprint density at radius 3 is 1.95 bits per heavy atom. The molecule has 0 unspecified atom stereocenters. The van der Waals surface area contributed by atoms with E-state index in [1.54, 1.807) is 0 Å². The summed E-state index contributed by atoms with van der Waals surface area (Å²) in [4.78, 5) is 2.56. The molecule has 0 aliphatic heterocycles. The van der Waals surface area contributed by atoms with E-state index >= 15 is 0 Å². The second kappa shape index (κ2) is 15.0. The molecule has 2 heterocycles. The Labute approximate surface area is 363 Å². The van der Waals surface area contributed by atoms with Crippen LogP contribution in [0.25, 0.3) is 83.6 Å². The maximum Gasteiger partial charge on any atom is 0.154 e. The highest BCUT2D eigenvalue weighted by atomic mass is 16.3. The second-order valence-electron chi connectivity index (χ2n) is 16.8. The highest BCUT2D eigenvalue weighted by Gasteiger charge is 2.36. The first kappa shape index (κ1) is 37.6. The summed E-state index contributed by atoms with van der Waals surface area (Å²) < 4.78 is 9.42. The van der Waals surface area contributed by atoms with Gasteiger partial charge in [-0.3, -0.25) is 0 Å². The molecule has 0 saturated heterocycles. The van der Waals surface area contributed by atoms with Gasteiger partial charge in [-0.05, 0) is 106 Å². The number of hydrogen-bond donors (Lipinski definition) is 0. The van der Waals surface area contributed by atoms with Crippen LogP contribution in [0.3, 0.4) is 0 Å². The first-order chi connectivity index (χ1) is 30.5. The summed E-state index contributed by atoms with van der Waals surface area (Å²) in [7, 11) is 0. The maximum absolute atomic E-state index is 6.95. The molecule has 62 heavy (non-hydrogen) atoms. The molecule has 0 bridgehead atoms. The van der Waals surface area contributed by atoms with E-state index in [-0.39, 0.29) is 5.41 Å². The molecule has 10 aromatic rings. The lowest BCUT2D eigenvalue weighted by molar-refractivity contribution is 0.566. The number of nitrogens with zero attached hydrogens (tertiary/aromatic N) is 2. The average molecular weight is 801 g/mol. The van der Waals surface area contributed by atoms with Gasteiger partial charge in [0.05, 0.1) is 22.4 Å². The quantitative estimate of drug-likeness (QED) is 0.167. The zero-order valence-electron chi connectivity index (χ0n) is 35.7. The third-order valence-electron chi connectivity index (χ3n) is 13.0. The lowest BCUT2D eigenvalue weighted by atomic mass is 9.82. The van der Waals surface area contributed by atoms with Crippen LogP contribution in [0.2, 0.25) is 0 Å². The van der Waals surface area contributed by atoms with E-state index in [1.807, 2.05) is 13.8 Å². The molecular weight excluding hydrogens is 753 g/mol. The van der Waals surface area contributed by atoms with Crippen molar-refractivity contribution in [1.29, 1.82) is 0 Å². The molecular formula is C59H48N2O. The van der Waals surface area contributed by atoms with Crippen LogP contribution < -0.4 is 15.5 Å². The van der Waals surface area contributed by atoms with Gasteiger partial charge in [-0.2, -0.15) is 0 Å². The van der Waals surface area contributed by atoms with Crippen molar-refractivity contribution >= 4 is 55.9 Å². The van der Waals surface area contributed by atoms with Gasteiger partial charge in [0, 0.05) is 38.2 Å². The Morgan fingerprint density at radius 2 is 1.18 bits per heavy atom. The topological polar surface area (TPSA) is 21.3 Å². The van der Waals surface area contributed by atoms with Crippen molar-refractivity contribution in [3.05, 3.63) is 210 Å².